The molecule has 2 N–H and O–H groups in total. The summed E-state index contributed by atoms with van der Waals surface area (Å²) in [6.45, 7) is 6.02. The summed E-state index contributed by atoms with van der Waals surface area (Å²) in [5, 5.41) is 0. The SMILES string of the molecule is CCC(N)Cc1cccnc1N(CC)Cc1ccncc1. The number of pyridine rings is 2. The van der Waals surface area contributed by atoms with Gasteiger partial charge in [-0.15, -0.1) is 0 Å². The van der Waals surface area contributed by atoms with E-state index in [1.165, 1.54) is 11.1 Å². The third-order valence-corrected chi connectivity index (χ3v) is 3.68. The molecule has 2 heterocycles. The lowest BCUT2D eigenvalue weighted by Crippen LogP contribution is -2.27. The Bertz CT molecular complexity index is 541. The van der Waals surface area contributed by atoms with Crippen molar-refractivity contribution in [2.45, 2.75) is 39.3 Å². The first-order valence-electron chi connectivity index (χ1n) is 7.57. The topological polar surface area (TPSA) is 55.0 Å². The molecule has 112 valence electrons. The number of rotatable bonds is 7. The largest absolute Gasteiger partial charge is 0.352 e. The normalized spacial score (nSPS) is 12.1. The minimum atomic E-state index is 0.188. The molecule has 1 unspecified atom stereocenters. The molecule has 0 amide bonds. The Hall–Kier alpha value is -1.94. The fourth-order valence-corrected chi connectivity index (χ4v) is 2.35. The van der Waals surface area contributed by atoms with Crippen LogP contribution in [0.5, 0.6) is 0 Å². The summed E-state index contributed by atoms with van der Waals surface area (Å²) in [5.74, 6) is 1.04. The molecule has 4 nitrogen and oxygen atoms in total. The molecule has 0 radical (unpaired) electrons. The van der Waals surface area contributed by atoms with E-state index in [-0.39, 0.29) is 6.04 Å². The van der Waals surface area contributed by atoms with Gasteiger partial charge in [-0.25, -0.2) is 4.98 Å². The zero-order chi connectivity index (χ0) is 15.1. The van der Waals surface area contributed by atoms with Crippen LogP contribution in [0.2, 0.25) is 0 Å². The number of nitrogens with two attached hydrogens (primary N) is 1. The zero-order valence-electron chi connectivity index (χ0n) is 12.9. The van der Waals surface area contributed by atoms with Gasteiger partial charge in [-0.3, -0.25) is 4.98 Å². The molecule has 0 bridgehead atoms. The van der Waals surface area contributed by atoms with Gasteiger partial charge in [-0.2, -0.15) is 0 Å². The van der Waals surface area contributed by atoms with E-state index in [0.29, 0.717) is 0 Å². The van der Waals surface area contributed by atoms with Crippen LogP contribution in [0.3, 0.4) is 0 Å². The highest BCUT2D eigenvalue weighted by Crippen LogP contribution is 2.21. The average molecular weight is 284 g/mol. The number of anilines is 1. The molecular formula is C17H24N4. The molecule has 0 aliphatic rings. The summed E-state index contributed by atoms with van der Waals surface area (Å²) in [5.41, 5.74) is 8.58. The quantitative estimate of drug-likeness (QED) is 0.849. The highest BCUT2D eigenvalue weighted by atomic mass is 15.2. The van der Waals surface area contributed by atoms with Crippen LogP contribution in [-0.2, 0) is 13.0 Å². The second-order valence-corrected chi connectivity index (χ2v) is 5.23. The Kier molecular flexibility index (Phi) is 5.69. The first-order chi connectivity index (χ1) is 10.2. The molecular weight excluding hydrogens is 260 g/mol. The van der Waals surface area contributed by atoms with Crippen LogP contribution >= 0.6 is 0 Å². The van der Waals surface area contributed by atoms with Gasteiger partial charge in [0, 0.05) is 37.7 Å². The van der Waals surface area contributed by atoms with Crippen LogP contribution < -0.4 is 10.6 Å². The van der Waals surface area contributed by atoms with Crippen molar-refractivity contribution in [3.63, 3.8) is 0 Å². The standard InChI is InChI=1S/C17H24N4/c1-3-16(18)12-15-6-5-9-20-17(15)21(4-2)13-14-7-10-19-11-8-14/h5-11,16H,3-4,12-13,18H2,1-2H3. The summed E-state index contributed by atoms with van der Waals surface area (Å²) >= 11 is 0. The molecule has 0 aliphatic carbocycles. The van der Waals surface area contributed by atoms with Crippen molar-refractivity contribution in [1.82, 2.24) is 9.97 Å². The molecule has 21 heavy (non-hydrogen) atoms. The van der Waals surface area contributed by atoms with E-state index in [2.05, 4.69) is 34.8 Å². The van der Waals surface area contributed by atoms with Gasteiger partial charge in [0.25, 0.3) is 0 Å². The van der Waals surface area contributed by atoms with Gasteiger partial charge < -0.3 is 10.6 Å². The van der Waals surface area contributed by atoms with E-state index in [1.807, 2.05) is 36.8 Å². The Morgan fingerprint density at radius 1 is 1.14 bits per heavy atom. The van der Waals surface area contributed by atoms with Crippen molar-refractivity contribution < 1.29 is 0 Å². The van der Waals surface area contributed by atoms with Crippen LogP contribution in [0.4, 0.5) is 5.82 Å². The molecule has 0 saturated carbocycles. The summed E-state index contributed by atoms with van der Waals surface area (Å²) in [6.07, 6.45) is 7.36. The lowest BCUT2D eigenvalue weighted by atomic mass is 10.0. The molecule has 2 rings (SSSR count). The lowest BCUT2D eigenvalue weighted by Gasteiger charge is -2.25. The van der Waals surface area contributed by atoms with Gasteiger partial charge in [-0.1, -0.05) is 13.0 Å². The molecule has 0 aliphatic heterocycles. The van der Waals surface area contributed by atoms with Crippen molar-refractivity contribution in [3.8, 4) is 0 Å². The number of nitrogens with zero attached hydrogens (tertiary/aromatic N) is 3. The molecule has 4 heteroatoms. The van der Waals surface area contributed by atoms with Gasteiger partial charge in [0.1, 0.15) is 5.82 Å². The Morgan fingerprint density at radius 3 is 2.57 bits per heavy atom. The van der Waals surface area contributed by atoms with Crippen LogP contribution in [0.1, 0.15) is 31.4 Å². The number of aromatic nitrogens is 2. The lowest BCUT2D eigenvalue weighted by molar-refractivity contribution is 0.642. The highest BCUT2D eigenvalue weighted by molar-refractivity contribution is 5.47. The second-order valence-electron chi connectivity index (χ2n) is 5.23. The molecule has 1 atom stereocenters. The molecule has 2 aromatic heterocycles. The van der Waals surface area contributed by atoms with Crippen molar-refractivity contribution >= 4 is 5.82 Å². The van der Waals surface area contributed by atoms with E-state index >= 15 is 0 Å². The Morgan fingerprint density at radius 2 is 1.90 bits per heavy atom. The first-order valence-corrected chi connectivity index (χ1v) is 7.57. The predicted molar refractivity (Wildman–Crippen MR) is 87.2 cm³/mol. The first kappa shape index (κ1) is 15.4. The van der Waals surface area contributed by atoms with Crippen molar-refractivity contribution in [3.05, 3.63) is 54.0 Å². The second kappa shape index (κ2) is 7.74. The summed E-state index contributed by atoms with van der Waals surface area (Å²) in [4.78, 5) is 10.9. The minimum absolute atomic E-state index is 0.188. The average Bonchev–Trinajstić information content (AvgIpc) is 2.54. The Balaban J connectivity index is 2.21. The highest BCUT2D eigenvalue weighted by Gasteiger charge is 2.13. The van der Waals surface area contributed by atoms with E-state index < -0.39 is 0 Å². The van der Waals surface area contributed by atoms with E-state index in [4.69, 9.17) is 5.73 Å². The maximum atomic E-state index is 6.11. The number of hydrogen-bond donors (Lipinski definition) is 1. The van der Waals surface area contributed by atoms with Crippen LogP contribution in [0.15, 0.2) is 42.9 Å². The van der Waals surface area contributed by atoms with E-state index in [9.17, 15) is 0 Å². The summed E-state index contributed by atoms with van der Waals surface area (Å²) in [6, 6.07) is 8.40. The van der Waals surface area contributed by atoms with Gasteiger partial charge in [0.15, 0.2) is 0 Å². The fraction of sp³-hybridized carbons (Fsp3) is 0.412. The third-order valence-electron chi connectivity index (χ3n) is 3.68. The third kappa shape index (κ3) is 4.26. The summed E-state index contributed by atoms with van der Waals surface area (Å²) in [7, 11) is 0. The van der Waals surface area contributed by atoms with Gasteiger partial charge in [-0.05, 0) is 49.1 Å². The van der Waals surface area contributed by atoms with Crippen molar-refractivity contribution in [2.75, 3.05) is 11.4 Å². The number of hydrogen-bond acceptors (Lipinski definition) is 4. The zero-order valence-corrected chi connectivity index (χ0v) is 12.9. The predicted octanol–water partition coefficient (Wildman–Crippen LogP) is 2.78. The molecule has 0 spiro atoms. The maximum Gasteiger partial charge on any atom is 0.132 e. The molecule has 0 saturated heterocycles. The van der Waals surface area contributed by atoms with E-state index in [0.717, 1.165) is 31.7 Å². The molecule has 0 fully saturated rings. The molecule has 2 aromatic rings. The van der Waals surface area contributed by atoms with Crippen LogP contribution in [-0.4, -0.2) is 22.6 Å². The van der Waals surface area contributed by atoms with Crippen molar-refractivity contribution in [1.29, 1.82) is 0 Å². The maximum absolute atomic E-state index is 6.11. The fourth-order valence-electron chi connectivity index (χ4n) is 2.35. The van der Waals surface area contributed by atoms with Gasteiger partial charge >= 0.3 is 0 Å². The summed E-state index contributed by atoms with van der Waals surface area (Å²) < 4.78 is 0. The minimum Gasteiger partial charge on any atom is -0.352 e. The smallest absolute Gasteiger partial charge is 0.132 e. The van der Waals surface area contributed by atoms with Crippen LogP contribution in [0, 0.1) is 0 Å². The van der Waals surface area contributed by atoms with Crippen molar-refractivity contribution in [2.24, 2.45) is 5.73 Å². The molecule has 0 aromatic carbocycles. The van der Waals surface area contributed by atoms with Crippen LogP contribution in [0.25, 0.3) is 0 Å². The monoisotopic (exact) mass is 284 g/mol. The van der Waals surface area contributed by atoms with E-state index in [1.54, 1.807) is 0 Å². The Labute approximate surface area is 127 Å². The van der Waals surface area contributed by atoms with Gasteiger partial charge in [0.2, 0.25) is 0 Å². The van der Waals surface area contributed by atoms with Gasteiger partial charge in [0.05, 0.1) is 0 Å².